The normalized spacial score (nSPS) is 20.7. The second-order valence-corrected chi connectivity index (χ2v) is 6.13. The molecule has 1 fully saturated rings. The highest BCUT2D eigenvalue weighted by molar-refractivity contribution is 6.03. The van der Waals surface area contributed by atoms with Gasteiger partial charge in [0, 0.05) is 19.0 Å². The first-order chi connectivity index (χ1) is 11.2. The summed E-state index contributed by atoms with van der Waals surface area (Å²) in [5, 5.41) is 0. The number of likely N-dealkylation sites (tertiary alicyclic amines) is 1. The van der Waals surface area contributed by atoms with Gasteiger partial charge < -0.3 is 4.90 Å². The van der Waals surface area contributed by atoms with Crippen LogP contribution in [0.4, 0.5) is 0 Å². The summed E-state index contributed by atoms with van der Waals surface area (Å²) < 4.78 is 0. The fourth-order valence-corrected chi connectivity index (χ4v) is 3.37. The molecule has 0 spiro atoms. The van der Waals surface area contributed by atoms with E-state index >= 15 is 0 Å². The first-order valence-corrected chi connectivity index (χ1v) is 8.05. The molecule has 1 aliphatic rings. The summed E-state index contributed by atoms with van der Waals surface area (Å²) in [5.41, 5.74) is 2.28. The third-order valence-electron chi connectivity index (χ3n) is 4.58. The summed E-state index contributed by atoms with van der Waals surface area (Å²) in [6, 6.07) is 20.0. The van der Waals surface area contributed by atoms with E-state index in [2.05, 4.69) is 12.1 Å². The Morgan fingerprint density at radius 1 is 1.04 bits per heavy atom. The average molecular weight is 307 g/mol. The highest BCUT2D eigenvalue weighted by Gasteiger charge is 2.43. The number of rotatable bonds is 5. The molecule has 0 aromatic heterocycles. The Morgan fingerprint density at radius 2 is 1.65 bits per heavy atom. The lowest BCUT2D eigenvalue weighted by Gasteiger charge is -2.16. The minimum absolute atomic E-state index is 0.0257. The van der Waals surface area contributed by atoms with Crippen LogP contribution in [0.15, 0.2) is 60.7 Å². The second-order valence-electron chi connectivity index (χ2n) is 6.13. The van der Waals surface area contributed by atoms with Crippen molar-refractivity contribution in [2.45, 2.75) is 19.3 Å². The van der Waals surface area contributed by atoms with Gasteiger partial charge in [-0.1, -0.05) is 60.7 Å². The number of Topliss-reactive ketones (excluding diaryl/α,β-unsaturated/α-hetero) is 1. The van der Waals surface area contributed by atoms with Crippen molar-refractivity contribution in [3.05, 3.63) is 71.8 Å². The van der Waals surface area contributed by atoms with Crippen molar-refractivity contribution >= 4 is 11.7 Å². The maximum Gasteiger partial charge on any atom is 0.233 e. The van der Waals surface area contributed by atoms with Crippen molar-refractivity contribution in [2.75, 3.05) is 13.1 Å². The Labute approximate surface area is 136 Å². The summed E-state index contributed by atoms with van der Waals surface area (Å²) in [6.07, 6.45) is 0.818. The van der Waals surface area contributed by atoms with Gasteiger partial charge in [-0.15, -0.1) is 0 Å². The van der Waals surface area contributed by atoms with Gasteiger partial charge in [-0.05, 0) is 24.5 Å². The quantitative estimate of drug-likeness (QED) is 0.796. The Kier molecular flexibility index (Phi) is 4.56. The third-order valence-corrected chi connectivity index (χ3v) is 4.58. The minimum Gasteiger partial charge on any atom is -0.341 e. The van der Waals surface area contributed by atoms with E-state index in [9.17, 15) is 9.59 Å². The van der Waals surface area contributed by atoms with E-state index in [-0.39, 0.29) is 17.6 Å². The molecule has 0 unspecified atom stereocenters. The van der Waals surface area contributed by atoms with Crippen molar-refractivity contribution < 1.29 is 9.59 Å². The fourth-order valence-electron chi connectivity index (χ4n) is 3.37. The molecule has 118 valence electrons. The molecule has 2 aromatic rings. The van der Waals surface area contributed by atoms with Gasteiger partial charge in [0.1, 0.15) is 11.7 Å². The van der Waals surface area contributed by atoms with Crippen molar-refractivity contribution in [1.82, 2.24) is 4.90 Å². The zero-order chi connectivity index (χ0) is 16.2. The smallest absolute Gasteiger partial charge is 0.233 e. The number of carbonyl (C=O) groups is 2. The first-order valence-electron chi connectivity index (χ1n) is 8.05. The van der Waals surface area contributed by atoms with Gasteiger partial charge in [0.25, 0.3) is 0 Å². The van der Waals surface area contributed by atoms with Crippen LogP contribution >= 0.6 is 0 Å². The summed E-state index contributed by atoms with van der Waals surface area (Å²) in [5.74, 6) is -0.626. The van der Waals surface area contributed by atoms with Gasteiger partial charge in [-0.3, -0.25) is 9.59 Å². The Morgan fingerprint density at radius 3 is 2.26 bits per heavy atom. The summed E-state index contributed by atoms with van der Waals surface area (Å²) in [4.78, 5) is 26.5. The molecule has 1 heterocycles. The molecule has 0 saturated carbocycles. The van der Waals surface area contributed by atoms with Crippen molar-refractivity contribution in [2.24, 2.45) is 5.92 Å². The van der Waals surface area contributed by atoms with Crippen LogP contribution in [0.2, 0.25) is 0 Å². The monoisotopic (exact) mass is 307 g/mol. The van der Waals surface area contributed by atoms with E-state index in [1.54, 1.807) is 0 Å². The molecule has 1 amide bonds. The highest BCUT2D eigenvalue weighted by Crippen LogP contribution is 2.34. The Balaban J connectivity index is 1.75. The van der Waals surface area contributed by atoms with Crippen molar-refractivity contribution in [3.63, 3.8) is 0 Å². The molecule has 2 aromatic carbocycles. The molecule has 3 heteroatoms. The molecule has 0 N–H and O–H groups in total. The van der Waals surface area contributed by atoms with Crippen LogP contribution in [0, 0.1) is 5.92 Å². The van der Waals surface area contributed by atoms with E-state index in [4.69, 9.17) is 0 Å². The number of carbonyl (C=O) groups excluding carboxylic acids is 2. The molecule has 3 rings (SSSR count). The third kappa shape index (κ3) is 3.34. The van der Waals surface area contributed by atoms with Gasteiger partial charge >= 0.3 is 0 Å². The maximum atomic E-state index is 12.7. The van der Waals surface area contributed by atoms with E-state index in [1.807, 2.05) is 53.4 Å². The molecule has 0 bridgehead atoms. The summed E-state index contributed by atoms with van der Waals surface area (Å²) >= 11 is 0. The molecule has 1 aliphatic heterocycles. The number of nitrogens with zero attached hydrogens (tertiary/aromatic N) is 1. The summed E-state index contributed by atoms with van der Waals surface area (Å²) in [7, 11) is 0. The van der Waals surface area contributed by atoms with Crippen LogP contribution in [-0.4, -0.2) is 29.7 Å². The van der Waals surface area contributed by atoms with Gasteiger partial charge in [0.2, 0.25) is 5.91 Å². The lowest BCUT2D eigenvalue weighted by Crippen LogP contribution is -2.31. The zero-order valence-electron chi connectivity index (χ0n) is 13.3. The van der Waals surface area contributed by atoms with E-state index in [0.29, 0.717) is 13.1 Å². The lowest BCUT2D eigenvalue weighted by atomic mass is 9.86. The van der Waals surface area contributed by atoms with Crippen LogP contribution in [0.3, 0.4) is 0 Å². The lowest BCUT2D eigenvalue weighted by molar-refractivity contribution is -0.136. The van der Waals surface area contributed by atoms with Gasteiger partial charge in [-0.2, -0.15) is 0 Å². The molecule has 0 radical (unpaired) electrons. The molecule has 2 atom stereocenters. The van der Waals surface area contributed by atoms with Crippen LogP contribution < -0.4 is 0 Å². The number of benzene rings is 2. The number of hydrogen-bond donors (Lipinski definition) is 0. The van der Waals surface area contributed by atoms with E-state index < -0.39 is 5.92 Å². The van der Waals surface area contributed by atoms with Crippen LogP contribution in [0.5, 0.6) is 0 Å². The maximum absolute atomic E-state index is 12.7. The van der Waals surface area contributed by atoms with Crippen molar-refractivity contribution in [1.29, 1.82) is 0 Å². The number of hydrogen-bond acceptors (Lipinski definition) is 2. The fraction of sp³-hybridized carbons (Fsp3) is 0.300. The topological polar surface area (TPSA) is 37.4 Å². The standard InChI is InChI=1S/C20H21NO2/c1-15(22)19-18(17-10-6-3-7-11-17)14-21(20(19)23)13-12-16-8-4-2-5-9-16/h2-11,18-19H,12-14H2,1H3/t18-,19-/m0/s1. The predicted molar refractivity (Wildman–Crippen MR) is 90.1 cm³/mol. The van der Waals surface area contributed by atoms with E-state index in [0.717, 1.165) is 12.0 Å². The number of amides is 1. The minimum atomic E-state index is -0.534. The second kappa shape index (κ2) is 6.78. The predicted octanol–water partition coefficient (Wildman–Crippen LogP) is 3.06. The Bertz CT molecular complexity index is 681. The van der Waals surface area contributed by atoms with Gasteiger partial charge in [0.15, 0.2) is 0 Å². The van der Waals surface area contributed by atoms with Crippen LogP contribution in [-0.2, 0) is 16.0 Å². The zero-order valence-corrected chi connectivity index (χ0v) is 13.3. The average Bonchev–Trinajstić information content (AvgIpc) is 2.91. The number of ketones is 1. The van der Waals surface area contributed by atoms with E-state index in [1.165, 1.54) is 12.5 Å². The van der Waals surface area contributed by atoms with Crippen LogP contribution in [0.1, 0.15) is 24.0 Å². The SMILES string of the molecule is CC(=O)[C@@H]1C(=O)N(CCc2ccccc2)C[C@H]1c1ccccc1. The molecule has 1 saturated heterocycles. The van der Waals surface area contributed by atoms with Crippen LogP contribution in [0.25, 0.3) is 0 Å². The molecular weight excluding hydrogens is 286 g/mol. The highest BCUT2D eigenvalue weighted by atomic mass is 16.2. The van der Waals surface area contributed by atoms with Gasteiger partial charge in [0.05, 0.1) is 0 Å². The van der Waals surface area contributed by atoms with Gasteiger partial charge in [-0.25, -0.2) is 0 Å². The largest absolute Gasteiger partial charge is 0.341 e. The molecular formula is C20H21NO2. The molecule has 0 aliphatic carbocycles. The van der Waals surface area contributed by atoms with Crippen molar-refractivity contribution in [3.8, 4) is 0 Å². The Hall–Kier alpha value is -2.42. The summed E-state index contributed by atoms with van der Waals surface area (Å²) in [6.45, 7) is 2.81. The molecule has 3 nitrogen and oxygen atoms in total. The molecule has 23 heavy (non-hydrogen) atoms. The first kappa shape index (κ1) is 15.5.